The molecule has 0 fully saturated rings. The SMILES string of the molecule is Cn1c(CNS(=O)(=O)c2ccc(Br)cc2Cl)nc2ccccc21. The second-order valence-corrected chi connectivity index (χ2v) is 8.03. The fraction of sp³-hybridized carbons (Fsp3) is 0.133. The highest BCUT2D eigenvalue weighted by atomic mass is 79.9. The smallest absolute Gasteiger partial charge is 0.242 e. The zero-order chi connectivity index (χ0) is 16.6. The van der Waals surface area contributed by atoms with Crippen LogP contribution in [-0.4, -0.2) is 18.0 Å². The van der Waals surface area contributed by atoms with E-state index in [1.807, 2.05) is 35.9 Å². The molecule has 0 aliphatic heterocycles. The quantitative estimate of drug-likeness (QED) is 0.711. The average molecular weight is 415 g/mol. The van der Waals surface area contributed by atoms with Gasteiger partial charge in [-0.2, -0.15) is 0 Å². The van der Waals surface area contributed by atoms with E-state index in [1.54, 1.807) is 12.1 Å². The van der Waals surface area contributed by atoms with E-state index in [4.69, 9.17) is 11.6 Å². The van der Waals surface area contributed by atoms with Crippen molar-refractivity contribution < 1.29 is 8.42 Å². The molecule has 0 unspecified atom stereocenters. The van der Waals surface area contributed by atoms with Gasteiger partial charge in [0.05, 0.1) is 22.6 Å². The Morgan fingerprint density at radius 2 is 2.00 bits per heavy atom. The predicted octanol–water partition coefficient (Wildman–Crippen LogP) is 3.47. The van der Waals surface area contributed by atoms with Crippen LogP contribution in [0.4, 0.5) is 0 Å². The average Bonchev–Trinajstić information content (AvgIpc) is 2.82. The number of fused-ring (bicyclic) bond motifs is 1. The summed E-state index contributed by atoms with van der Waals surface area (Å²) in [5, 5.41) is 0.164. The molecule has 0 aliphatic carbocycles. The van der Waals surface area contributed by atoms with Crippen molar-refractivity contribution in [1.29, 1.82) is 0 Å². The number of benzene rings is 2. The molecular formula is C15H13BrClN3O2S. The first-order valence-corrected chi connectivity index (χ1v) is 9.39. The third-order valence-corrected chi connectivity index (χ3v) is 5.86. The van der Waals surface area contributed by atoms with Crippen molar-refractivity contribution >= 4 is 48.6 Å². The van der Waals surface area contributed by atoms with Crippen molar-refractivity contribution in [3.05, 3.63) is 57.8 Å². The van der Waals surface area contributed by atoms with Crippen LogP contribution in [0.25, 0.3) is 11.0 Å². The van der Waals surface area contributed by atoms with Gasteiger partial charge in [-0.05, 0) is 30.3 Å². The first kappa shape index (κ1) is 16.4. The van der Waals surface area contributed by atoms with Crippen LogP contribution < -0.4 is 4.72 Å². The largest absolute Gasteiger partial charge is 0.330 e. The van der Waals surface area contributed by atoms with Gasteiger partial charge in [0.25, 0.3) is 0 Å². The lowest BCUT2D eigenvalue weighted by molar-refractivity contribution is 0.578. The molecule has 0 aliphatic rings. The molecule has 0 radical (unpaired) electrons. The lowest BCUT2D eigenvalue weighted by Crippen LogP contribution is -2.25. The number of imidazole rings is 1. The zero-order valence-corrected chi connectivity index (χ0v) is 15.3. The molecule has 120 valence electrons. The number of aryl methyl sites for hydroxylation is 1. The molecule has 8 heteroatoms. The summed E-state index contributed by atoms with van der Waals surface area (Å²) in [6, 6.07) is 12.3. The minimum absolute atomic E-state index is 0.0427. The number of hydrogen-bond acceptors (Lipinski definition) is 3. The number of para-hydroxylation sites is 2. The number of rotatable bonds is 4. The summed E-state index contributed by atoms with van der Waals surface area (Å²) >= 11 is 9.28. The molecule has 0 atom stereocenters. The van der Waals surface area contributed by atoms with Crippen molar-refractivity contribution in [3.63, 3.8) is 0 Å². The minimum atomic E-state index is -3.72. The molecule has 5 nitrogen and oxygen atoms in total. The van der Waals surface area contributed by atoms with Gasteiger partial charge in [-0.15, -0.1) is 0 Å². The van der Waals surface area contributed by atoms with E-state index in [-0.39, 0.29) is 16.5 Å². The second kappa shape index (κ2) is 6.24. The monoisotopic (exact) mass is 413 g/mol. The van der Waals surface area contributed by atoms with Crippen molar-refractivity contribution in [2.24, 2.45) is 7.05 Å². The van der Waals surface area contributed by atoms with Crippen LogP contribution in [0.15, 0.2) is 51.8 Å². The highest BCUT2D eigenvalue weighted by molar-refractivity contribution is 9.10. The summed E-state index contributed by atoms with van der Waals surface area (Å²) in [5.41, 5.74) is 1.77. The molecule has 2 aromatic carbocycles. The molecular weight excluding hydrogens is 402 g/mol. The summed E-state index contributed by atoms with van der Waals surface area (Å²) in [4.78, 5) is 4.48. The number of nitrogens with one attached hydrogen (secondary N) is 1. The molecule has 0 amide bonds. The van der Waals surface area contributed by atoms with Crippen molar-refractivity contribution in [2.75, 3.05) is 0 Å². The summed E-state index contributed by atoms with van der Waals surface area (Å²) in [6.45, 7) is 0.0832. The Labute approximate surface area is 147 Å². The van der Waals surface area contributed by atoms with E-state index in [0.717, 1.165) is 15.5 Å². The van der Waals surface area contributed by atoms with Gasteiger partial charge in [0.15, 0.2) is 0 Å². The van der Waals surface area contributed by atoms with Gasteiger partial charge in [-0.3, -0.25) is 0 Å². The number of nitrogens with zero attached hydrogens (tertiary/aromatic N) is 2. The Bertz CT molecular complexity index is 986. The molecule has 1 heterocycles. The van der Waals surface area contributed by atoms with Crippen molar-refractivity contribution in [1.82, 2.24) is 14.3 Å². The van der Waals surface area contributed by atoms with Crippen molar-refractivity contribution in [3.8, 4) is 0 Å². The van der Waals surface area contributed by atoms with Crippen LogP contribution in [0.5, 0.6) is 0 Å². The Balaban J connectivity index is 1.87. The van der Waals surface area contributed by atoms with Crippen LogP contribution in [0.2, 0.25) is 5.02 Å². The van der Waals surface area contributed by atoms with Gasteiger partial charge in [-0.25, -0.2) is 18.1 Å². The number of halogens is 2. The van der Waals surface area contributed by atoms with Crippen LogP contribution in [0.3, 0.4) is 0 Å². The fourth-order valence-corrected chi connectivity index (χ4v) is 4.30. The predicted molar refractivity (Wildman–Crippen MR) is 93.9 cm³/mol. The van der Waals surface area contributed by atoms with Gasteiger partial charge in [0.2, 0.25) is 10.0 Å². The number of hydrogen-bond donors (Lipinski definition) is 1. The fourth-order valence-electron chi connectivity index (χ4n) is 2.28. The van der Waals surface area contributed by atoms with Crippen LogP contribution in [0, 0.1) is 0 Å². The zero-order valence-electron chi connectivity index (χ0n) is 12.1. The summed E-state index contributed by atoms with van der Waals surface area (Å²) in [7, 11) is -1.86. The normalized spacial score (nSPS) is 12.0. The molecule has 0 saturated heterocycles. The molecule has 0 saturated carbocycles. The first-order valence-electron chi connectivity index (χ1n) is 6.73. The molecule has 0 spiro atoms. The Hall–Kier alpha value is -1.41. The number of sulfonamides is 1. The molecule has 1 N–H and O–H groups in total. The standard InChI is InChI=1S/C15H13BrClN3O2S/c1-20-13-5-3-2-4-12(13)19-15(20)9-18-23(21,22)14-7-6-10(16)8-11(14)17/h2-8,18H,9H2,1H3. The maximum atomic E-state index is 12.4. The van der Waals surface area contributed by atoms with Crippen LogP contribution >= 0.6 is 27.5 Å². The van der Waals surface area contributed by atoms with E-state index in [9.17, 15) is 8.42 Å². The first-order chi connectivity index (χ1) is 10.9. The second-order valence-electron chi connectivity index (χ2n) is 4.98. The minimum Gasteiger partial charge on any atom is -0.330 e. The van der Waals surface area contributed by atoms with Crippen molar-refractivity contribution in [2.45, 2.75) is 11.4 Å². The lowest BCUT2D eigenvalue weighted by atomic mass is 10.3. The van der Waals surface area contributed by atoms with E-state index >= 15 is 0 Å². The Morgan fingerprint density at radius 3 is 2.70 bits per heavy atom. The molecule has 1 aromatic heterocycles. The van der Waals surface area contributed by atoms with Gasteiger partial charge in [0, 0.05) is 11.5 Å². The van der Waals surface area contributed by atoms with Gasteiger partial charge in [-0.1, -0.05) is 39.7 Å². The molecule has 23 heavy (non-hydrogen) atoms. The maximum Gasteiger partial charge on any atom is 0.242 e. The van der Waals surface area contributed by atoms with Gasteiger partial charge < -0.3 is 4.57 Å². The third-order valence-electron chi connectivity index (χ3n) is 3.48. The Morgan fingerprint density at radius 1 is 1.26 bits per heavy atom. The maximum absolute atomic E-state index is 12.4. The topological polar surface area (TPSA) is 64.0 Å². The van der Waals surface area contributed by atoms with E-state index in [0.29, 0.717) is 5.82 Å². The van der Waals surface area contributed by atoms with Gasteiger partial charge in [0.1, 0.15) is 10.7 Å². The van der Waals surface area contributed by atoms with E-state index in [1.165, 1.54) is 6.07 Å². The number of aromatic nitrogens is 2. The van der Waals surface area contributed by atoms with E-state index < -0.39 is 10.0 Å². The van der Waals surface area contributed by atoms with Gasteiger partial charge >= 0.3 is 0 Å². The van der Waals surface area contributed by atoms with Crippen LogP contribution in [0.1, 0.15) is 5.82 Å². The summed E-state index contributed by atoms with van der Waals surface area (Å²) in [5.74, 6) is 0.628. The highest BCUT2D eigenvalue weighted by Gasteiger charge is 2.19. The summed E-state index contributed by atoms with van der Waals surface area (Å²) < 4.78 is 30.0. The molecule has 3 aromatic rings. The lowest BCUT2D eigenvalue weighted by Gasteiger charge is -2.08. The summed E-state index contributed by atoms with van der Waals surface area (Å²) in [6.07, 6.45) is 0. The highest BCUT2D eigenvalue weighted by Crippen LogP contribution is 2.25. The molecule has 0 bridgehead atoms. The Kier molecular flexibility index (Phi) is 4.46. The van der Waals surface area contributed by atoms with E-state index in [2.05, 4.69) is 25.6 Å². The van der Waals surface area contributed by atoms with Crippen LogP contribution in [-0.2, 0) is 23.6 Å². The molecule has 3 rings (SSSR count). The third kappa shape index (κ3) is 3.28.